The van der Waals surface area contributed by atoms with Gasteiger partial charge in [-0.1, -0.05) is 12.1 Å². The molecule has 0 amide bonds. The Hall–Kier alpha value is -0.690. The predicted octanol–water partition coefficient (Wildman–Crippen LogP) is 2.15. The summed E-state index contributed by atoms with van der Waals surface area (Å²) in [5.41, 5.74) is 6.10. The van der Waals surface area contributed by atoms with Crippen LogP contribution < -0.4 is 5.73 Å². The quantitative estimate of drug-likeness (QED) is 0.799. The number of aliphatic carboxylic acids is 1. The van der Waals surface area contributed by atoms with E-state index in [0.717, 1.165) is 14.7 Å². The molecule has 5 heteroatoms. The van der Waals surface area contributed by atoms with Crippen LogP contribution in [-0.4, -0.2) is 23.3 Å². The van der Waals surface area contributed by atoms with Crippen molar-refractivity contribution in [2.24, 2.45) is 5.73 Å². The Kier molecular flexibility index (Phi) is 4.88. The summed E-state index contributed by atoms with van der Waals surface area (Å²) in [6.45, 7) is 1.06. The minimum absolute atomic E-state index is 0.235. The molecule has 0 saturated carbocycles. The van der Waals surface area contributed by atoms with Crippen LogP contribution >= 0.6 is 22.6 Å². The smallest absolute Gasteiger partial charge is 0.323 e. The normalized spacial score (nSPS) is 14.4. The van der Waals surface area contributed by atoms with Crippen molar-refractivity contribution < 1.29 is 14.3 Å². The number of carboxylic acid groups (broad SMARTS) is 1. The summed E-state index contributed by atoms with van der Waals surface area (Å²) >= 11 is 2.14. The molecule has 0 aliphatic heterocycles. The van der Waals surface area contributed by atoms with Gasteiger partial charge in [-0.3, -0.25) is 9.18 Å². The van der Waals surface area contributed by atoms with E-state index in [1.54, 1.807) is 0 Å². The maximum absolute atomic E-state index is 12.3. The average molecular weight is 351 g/mol. The van der Waals surface area contributed by atoms with Crippen LogP contribution in [0.2, 0.25) is 0 Å². The summed E-state index contributed by atoms with van der Waals surface area (Å²) < 4.78 is 13.3. The Morgan fingerprint density at radius 3 is 2.76 bits per heavy atom. The summed E-state index contributed by atoms with van der Waals surface area (Å²) in [6.07, 6.45) is 0.582. The minimum Gasteiger partial charge on any atom is -0.480 e. The maximum atomic E-state index is 12.3. The maximum Gasteiger partial charge on any atom is 0.323 e. The largest absolute Gasteiger partial charge is 0.480 e. The van der Waals surface area contributed by atoms with Crippen molar-refractivity contribution in [3.63, 3.8) is 0 Å². The molecule has 0 fully saturated rings. The second-order valence-corrected chi connectivity index (χ2v) is 5.43. The van der Waals surface area contributed by atoms with Crippen LogP contribution in [0.3, 0.4) is 0 Å². The van der Waals surface area contributed by atoms with Crippen LogP contribution in [0.1, 0.15) is 18.1 Å². The Balaban J connectivity index is 2.93. The minimum atomic E-state index is -1.29. The molecule has 1 aromatic rings. The van der Waals surface area contributed by atoms with Gasteiger partial charge in [-0.05, 0) is 46.7 Å². The lowest BCUT2D eigenvalue weighted by atomic mass is 9.93. The van der Waals surface area contributed by atoms with E-state index >= 15 is 0 Å². The molecule has 0 radical (unpaired) electrons. The summed E-state index contributed by atoms with van der Waals surface area (Å²) in [5, 5.41) is 8.94. The van der Waals surface area contributed by atoms with Crippen molar-refractivity contribution in [3.05, 3.63) is 32.9 Å². The number of rotatable bonds is 5. The molecule has 17 heavy (non-hydrogen) atoms. The standard InChI is InChI=1S/C12H15FINO2/c1-12(15,11(16)17)7-8-2-3-10(14)9(6-8)4-5-13/h2-3,6H,4-5,7,15H2,1H3,(H,16,17)/t12-/m0/s1. The molecule has 3 N–H and O–H groups in total. The van der Waals surface area contributed by atoms with Gasteiger partial charge in [0.15, 0.2) is 0 Å². The Bertz CT molecular complexity index is 421. The lowest BCUT2D eigenvalue weighted by Gasteiger charge is -2.19. The van der Waals surface area contributed by atoms with Gasteiger partial charge in [-0.15, -0.1) is 0 Å². The van der Waals surface area contributed by atoms with Gasteiger partial charge < -0.3 is 10.8 Å². The number of halogens is 2. The van der Waals surface area contributed by atoms with Crippen LogP contribution in [0.5, 0.6) is 0 Å². The van der Waals surface area contributed by atoms with Gasteiger partial charge in [0.25, 0.3) is 0 Å². The summed E-state index contributed by atoms with van der Waals surface area (Å²) in [7, 11) is 0. The molecule has 1 aromatic carbocycles. The van der Waals surface area contributed by atoms with Gasteiger partial charge in [0, 0.05) is 16.4 Å². The fraction of sp³-hybridized carbons (Fsp3) is 0.417. The second-order valence-electron chi connectivity index (χ2n) is 4.26. The predicted molar refractivity (Wildman–Crippen MR) is 72.8 cm³/mol. The third-order valence-corrected chi connectivity index (χ3v) is 3.59. The molecule has 3 nitrogen and oxygen atoms in total. The first-order chi connectivity index (χ1) is 7.86. The first kappa shape index (κ1) is 14.4. The average Bonchev–Trinajstić information content (AvgIpc) is 2.23. The molecule has 94 valence electrons. The summed E-state index contributed by atoms with van der Waals surface area (Å²) in [5.74, 6) is -1.04. The monoisotopic (exact) mass is 351 g/mol. The lowest BCUT2D eigenvalue weighted by Crippen LogP contribution is -2.46. The molecule has 0 unspecified atom stereocenters. The van der Waals surface area contributed by atoms with E-state index < -0.39 is 18.2 Å². The van der Waals surface area contributed by atoms with Crippen molar-refractivity contribution >= 4 is 28.6 Å². The number of nitrogens with two attached hydrogens (primary N) is 1. The van der Waals surface area contributed by atoms with Gasteiger partial charge >= 0.3 is 5.97 Å². The number of benzene rings is 1. The highest BCUT2D eigenvalue weighted by Gasteiger charge is 2.28. The van der Waals surface area contributed by atoms with Crippen molar-refractivity contribution in [2.75, 3.05) is 6.67 Å². The summed E-state index contributed by atoms with van der Waals surface area (Å²) in [4.78, 5) is 10.9. The number of hydrogen-bond acceptors (Lipinski definition) is 2. The Morgan fingerprint density at radius 1 is 1.59 bits per heavy atom. The number of hydrogen-bond donors (Lipinski definition) is 2. The van der Waals surface area contributed by atoms with E-state index in [0.29, 0.717) is 6.42 Å². The second kappa shape index (κ2) is 5.77. The van der Waals surface area contributed by atoms with E-state index in [-0.39, 0.29) is 6.42 Å². The van der Waals surface area contributed by atoms with Gasteiger partial charge in [0.2, 0.25) is 0 Å². The molecule has 0 aromatic heterocycles. The molecule has 0 aliphatic rings. The highest BCUT2D eigenvalue weighted by atomic mass is 127. The third-order valence-electron chi connectivity index (χ3n) is 2.53. The van der Waals surface area contributed by atoms with Crippen LogP contribution in [0.4, 0.5) is 4.39 Å². The topological polar surface area (TPSA) is 63.3 Å². The summed E-state index contributed by atoms with van der Waals surface area (Å²) in [6, 6.07) is 5.52. The first-order valence-electron chi connectivity index (χ1n) is 5.22. The fourth-order valence-corrected chi connectivity index (χ4v) is 2.14. The van der Waals surface area contributed by atoms with E-state index in [1.165, 1.54) is 6.92 Å². The van der Waals surface area contributed by atoms with Crippen molar-refractivity contribution in [2.45, 2.75) is 25.3 Å². The Morgan fingerprint density at radius 2 is 2.24 bits per heavy atom. The van der Waals surface area contributed by atoms with Crippen LogP contribution in [0.25, 0.3) is 0 Å². The molecular formula is C12H15FINO2. The highest BCUT2D eigenvalue weighted by Crippen LogP contribution is 2.18. The van der Waals surface area contributed by atoms with Crippen LogP contribution in [0.15, 0.2) is 18.2 Å². The first-order valence-corrected chi connectivity index (χ1v) is 6.30. The van der Waals surface area contributed by atoms with Gasteiger partial charge in [0.1, 0.15) is 5.54 Å². The molecule has 1 atom stereocenters. The number of alkyl halides is 1. The molecule has 0 aliphatic carbocycles. The number of carboxylic acids is 1. The van der Waals surface area contributed by atoms with Crippen molar-refractivity contribution in [1.29, 1.82) is 0 Å². The molecule has 0 bridgehead atoms. The van der Waals surface area contributed by atoms with Gasteiger partial charge in [-0.25, -0.2) is 0 Å². The zero-order valence-corrected chi connectivity index (χ0v) is 11.7. The van der Waals surface area contributed by atoms with E-state index in [2.05, 4.69) is 22.6 Å². The third kappa shape index (κ3) is 3.92. The van der Waals surface area contributed by atoms with E-state index in [1.807, 2.05) is 18.2 Å². The molecule has 0 saturated heterocycles. The van der Waals surface area contributed by atoms with E-state index in [9.17, 15) is 9.18 Å². The van der Waals surface area contributed by atoms with Gasteiger partial charge in [-0.2, -0.15) is 0 Å². The Labute approximate surface area is 113 Å². The van der Waals surface area contributed by atoms with Crippen LogP contribution in [0, 0.1) is 3.57 Å². The highest BCUT2D eigenvalue weighted by molar-refractivity contribution is 14.1. The molecule has 1 rings (SSSR count). The van der Waals surface area contributed by atoms with Crippen molar-refractivity contribution in [1.82, 2.24) is 0 Å². The number of aryl methyl sites for hydroxylation is 1. The van der Waals surface area contributed by atoms with E-state index in [4.69, 9.17) is 10.8 Å². The molecular weight excluding hydrogens is 336 g/mol. The number of carbonyl (C=O) groups is 1. The fourth-order valence-electron chi connectivity index (χ4n) is 1.53. The zero-order valence-electron chi connectivity index (χ0n) is 9.54. The lowest BCUT2D eigenvalue weighted by molar-refractivity contribution is -0.142. The molecule has 0 heterocycles. The van der Waals surface area contributed by atoms with Crippen molar-refractivity contribution in [3.8, 4) is 0 Å². The van der Waals surface area contributed by atoms with Gasteiger partial charge in [0.05, 0.1) is 6.67 Å². The zero-order chi connectivity index (χ0) is 13.1. The molecule has 0 spiro atoms. The SMILES string of the molecule is C[C@](N)(Cc1ccc(I)c(CCF)c1)C(=O)O. The van der Waals surface area contributed by atoms with Crippen LogP contribution in [-0.2, 0) is 17.6 Å².